The van der Waals surface area contributed by atoms with E-state index in [4.69, 9.17) is 0 Å². The van der Waals surface area contributed by atoms with Gasteiger partial charge in [-0.05, 0) is 13.8 Å². The number of halogens is 2. The van der Waals surface area contributed by atoms with Crippen molar-refractivity contribution in [3.8, 4) is 0 Å². The van der Waals surface area contributed by atoms with Crippen molar-refractivity contribution in [3.05, 3.63) is 0 Å². The Hall–Kier alpha value is -0.180. The standard InChI is InChI=1S/C4H7F2O/c1-4(2,7)3(5)6/h3H,1-2H3. The van der Waals surface area contributed by atoms with Crippen LogP contribution >= 0.6 is 0 Å². The number of hydrogen-bond donors (Lipinski definition) is 0. The van der Waals surface area contributed by atoms with Crippen molar-refractivity contribution in [2.75, 3.05) is 0 Å². The SMILES string of the molecule is CC(C)([O])C(F)F. The van der Waals surface area contributed by atoms with Crippen molar-refractivity contribution in [1.82, 2.24) is 0 Å². The molecule has 0 aliphatic carbocycles. The van der Waals surface area contributed by atoms with Crippen molar-refractivity contribution in [2.24, 2.45) is 0 Å². The second-order valence-corrected chi connectivity index (χ2v) is 1.90. The summed E-state index contributed by atoms with van der Waals surface area (Å²) in [6.07, 6.45) is -2.76. The third-order valence-corrected chi connectivity index (χ3v) is 0.526. The van der Waals surface area contributed by atoms with Crippen LogP contribution in [0.25, 0.3) is 0 Å². The van der Waals surface area contributed by atoms with Gasteiger partial charge in [0.05, 0.1) is 0 Å². The molecule has 0 bridgehead atoms. The molecular formula is C4H7F2O. The van der Waals surface area contributed by atoms with Crippen LogP contribution < -0.4 is 0 Å². The fraction of sp³-hybridized carbons (Fsp3) is 1.00. The van der Waals surface area contributed by atoms with E-state index in [1.54, 1.807) is 0 Å². The highest BCUT2D eigenvalue weighted by atomic mass is 19.3. The summed E-state index contributed by atoms with van der Waals surface area (Å²) in [6.45, 7) is 1.91. The summed E-state index contributed by atoms with van der Waals surface area (Å²) in [7, 11) is 0. The second-order valence-electron chi connectivity index (χ2n) is 1.90. The minimum absolute atomic E-state index is 0.956. The molecule has 0 aliphatic rings. The first-order chi connectivity index (χ1) is 2.94. The maximum atomic E-state index is 11.2. The molecule has 0 heterocycles. The molecule has 0 spiro atoms. The zero-order valence-corrected chi connectivity index (χ0v) is 4.24. The fourth-order valence-electron chi connectivity index (χ4n) is 0. The Bertz CT molecular complexity index is 55.2. The maximum Gasteiger partial charge on any atom is 0.269 e. The molecule has 0 aromatic heterocycles. The van der Waals surface area contributed by atoms with Crippen molar-refractivity contribution in [2.45, 2.75) is 25.9 Å². The van der Waals surface area contributed by atoms with Gasteiger partial charge in [-0.15, -0.1) is 0 Å². The van der Waals surface area contributed by atoms with Gasteiger partial charge in [-0.25, -0.2) is 13.9 Å². The Balaban J connectivity index is 3.54. The highest BCUT2D eigenvalue weighted by Crippen LogP contribution is 2.12. The fourth-order valence-corrected chi connectivity index (χ4v) is 0. The lowest BCUT2D eigenvalue weighted by molar-refractivity contribution is -0.112. The van der Waals surface area contributed by atoms with Crippen molar-refractivity contribution in [3.63, 3.8) is 0 Å². The molecule has 0 fully saturated rings. The maximum absolute atomic E-state index is 11.2. The minimum atomic E-state index is -2.76. The van der Waals surface area contributed by atoms with Crippen LogP contribution in [0.1, 0.15) is 13.8 Å². The monoisotopic (exact) mass is 109 g/mol. The molecule has 0 saturated carbocycles. The van der Waals surface area contributed by atoms with E-state index in [2.05, 4.69) is 0 Å². The van der Waals surface area contributed by atoms with E-state index in [0.717, 1.165) is 13.8 Å². The highest BCUT2D eigenvalue weighted by molar-refractivity contribution is 4.65. The molecule has 0 atom stereocenters. The van der Waals surface area contributed by atoms with E-state index >= 15 is 0 Å². The van der Waals surface area contributed by atoms with Crippen LogP contribution in [-0.4, -0.2) is 12.0 Å². The lowest BCUT2D eigenvalue weighted by Gasteiger charge is -2.10. The third-order valence-electron chi connectivity index (χ3n) is 0.526. The van der Waals surface area contributed by atoms with Crippen LogP contribution in [0.3, 0.4) is 0 Å². The first-order valence-electron chi connectivity index (χ1n) is 1.93. The molecule has 0 rings (SSSR count). The Kier molecular flexibility index (Phi) is 1.69. The van der Waals surface area contributed by atoms with E-state index in [0.29, 0.717) is 0 Å². The molecular weight excluding hydrogens is 102 g/mol. The quantitative estimate of drug-likeness (QED) is 0.485. The van der Waals surface area contributed by atoms with Gasteiger partial charge >= 0.3 is 0 Å². The zero-order chi connectivity index (χ0) is 6.08. The average Bonchev–Trinajstić information content (AvgIpc) is 1.31. The van der Waals surface area contributed by atoms with Crippen LogP contribution in [0, 0.1) is 0 Å². The third kappa shape index (κ3) is 2.51. The van der Waals surface area contributed by atoms with Crippen LogP contribution in [0.15, 0.2) is 0 Å². The summed E-state index contributed by atoms with van der Waals surface area (Å²) in [5, 5.41) is 10.1. The van der Waals surface area contributed by atoms with E-state index in [9.17, 15) is 13.9 Å². The molecule has 1 nitrogen and oxygen atoms in total. The first-order valence-corrected chi connectivity index (χ1v) is 1.93. The largest absolute Gasteiger partial charge is 0.269 e. The Labute approximate surface area is 41.0 Å². The molecule has 7 heavy (non-hydrogen) atoms. The lowest BCUT2D eigenvalue weighted by Crippen LogP contribution is -2.26. The van der Waals surface area contributed by atoms with E-state index in [1.807, 2.05) is 0 Å². The molecule has 0 aliphatic heterocycles. The summed E-state index contributed by atoms with van der Waals surface area (Å²) in [6, 6.07) is 0. The molecule has 0 N–H and O–H groups in total. The Morgan fingerprint density at radius 1 is 1.43 bits per heavy atom. The van der Waals surface area contributed by atoms with Gasteiger partial charge in [0.2, 0.25) is 0 Å². The Morgan fingerprint density at radius 2 is 1.57 bits per heavy atom. The smallest absolute Gasteiger partial charge is 0.224 e. The van der Waals surface area contributed by atoms with Crippen LogP contribution in [0.5, 0.6) is 0 Å². The van der Waals surface area contributed by atoms with Crippen molar-refractivity contribution in [1.29, 1.82) is 0 Å². The zero-order valence-electron chi connectivity index (χ0n) is 4.24. The first kappa shape index (κ1) is 6.82. The Morgan fingerprint density at radius 3 is 1.57 bits per heavy atom. The predicted octanol–water partition coefficient (Wildman–Crippen LogP) is 1.46. The number of rotatable bonds is 1. The molecule has 0 amide bonds. The number of alkyl halides is 2. The van der Waals surface area contributed by atoms with Gasteiger partial charge in [-0.2, -0.15) is 0 Å². The second kappa shape index (κ2) is 1.74. The van der Waals surface area contributed by atoms with Gasteiger partial charge in [0.15, 0.2) is 5.60 Å². The molecule has 0 unspecified atom stereocenters. The van der Waals surface area contributed by atoms with E-state index < -0.39 is 12.0 Å². The summed E-state index contributed by atoms with van der Waals surface area (Å²) in [5.74, 6) is 0. The van der Waals surface area contributed by atoms with Crippen LogP contribution in [0.4, 0.5) is 8.78 Å². The predicted molar refractivity (Wildman–Crippen MR) is 20.8 cm³/mol. The lowest BCUT2D eigenvalue weighted by atomic mass is 10.2. The van der Waals surface area contributed by atoms with E-state index in [1.165, 1.54) is 0 Å². The average molecular weight is 109 g/mol. The summed E-state index contributed by atoms with van der Waals surface area (Å²) in [4.78, 5) is 0. The normalized spacial score (nSPS) is 12.9. The van der Waals surface area contributed by atoms with Crippen molar-refractivity contribution >= 4 is 0 Å². The number of hydrogen-bond acceptors (Lipinski definition) is 0. The highest BCUT2D eigenvalue weighted by Gasteiger charge is 2.27. The topological polar surface area (TPSA) is 19.9 Å². The molecule has 3 heteroatoms. The van der Waals surface area contributed by atoms with Gasteiger partial charge in [0.1, 0.15) is 0 Å². The van der Waals surface area contributed by atoms with E-state index in [-0.39, 0.29) is 0 Å². The molecule has 0 aromatic rings. The van der Waals surface area contributed by atoms with Gasteiger partial charge < -0.3 is 0 Å². The summed E-state index contributed by atoms with van der Waals surface area (Å²) in [5.41, 5.74) is -2.08. The summed E-state index contributed by atoms with van der Waals surface area (Å²) >= 11 is 0. The van der Waals surface area contributed by atoms with Crippen molar-refractivity contribution < 1.29 is 13.9 Å². The van der Waals surface area contributed by atoms with Gasteiger partial charge in [0, 0.05) is 0 Å². The van der Waals surface area contributed by atoms with Gasteiger partial charge in [-0.3, -0.25) is 0 Å². The molecule has 1 radical (unpaired) electrons. The summed E-state index contributed by atoms with van der Waals surface area (Å²) < 4.78 is 22.5. The van der Waals surface area contributed by atoms with Gasteiger partial charge in [0.25, 0.3) is 6.43 Å². The van der Waals surface area contributed by atoms with Crippen LogP contribution in [-0.2, 0) is 5.11 Å². The molecule has 43 valence electrons. The van der Waals surface area contributed by atoms with Crippen LogP contribution in [0.2, 0.25) is 0 Å². The minimum Gasteiger partial charge on any atom is -0.224 e. The van der Waals surface area contributed by atoms with Gasteiger partial charge in [-0.1, -0.05) is 0 Å². The molecule has 0 aromatic carbocycles. The molecule has 0 saturated heterocycles.